The van der Waals surface area contributed by atoms with Crippen molar-refractivity contribution < 1.29 is 9.59 Å². The minimum atomic E-state index is -0.150. The molecule has 0 radical (unpaired) electrons. The van der Waals surface area contributed by atoms with Gasteiger partial charge in [0.1, 0.15) is 0 Å². The van der Waals surface area contributed by atoms with Gasteiger partial charge >= 0.3 is 0 Å². The number of carbonyl (C=O) groups excluding carboxylic acids is 2. The van der Waals surface area contributed by atoms with Crippen LogP contribution in [0, 0.1) is 3.57 Å². The summed E-state index contributed by atoms with van der Waals surface area (Å²) in [7, 11) is 3.99. The predicted octanol–water partition coefficient (Wildman–Crippen LogP) is 3.71. The van der Waals surface area contributed by atoms with E-state index in [1.165, 1.54) is 0 Å². The van der Waals surface area contributed by atoms with E-state index in [9.17, 15) is 9.59 Å². The molecule has 2 amide bonds. The number of hydrogen-bond donors (Lipinski definition) is 1. The highest BCUT2D eigenvalue weighted by atomic mass is 127. The number of nitrogens with zero attached hydrogens (tertiary/aromatic N) is 2. The number of nitrogens with one attached hydrogen (secondary N) is 1. The van der Waals surface area contributed by atoms with Crippen molar-refractivity contribution >= 4 is 40.1 Å². The van der Waals surface area contributed by atoms with Gasteiger partial charge in [0.2, 0.25) is 0 Å². The number of piperidine rings is 1. The molecule has 0 saturated carbocycles. The van der Waals surface area contributed by atoms with Gasteiger partial charge in [0.05, 0.1) is 5.56 Å². The Morgan fingerprint density at radius 3 is 2.33 bits per heavy atom. The summed E-state index contributed by atoms with van der Waals surface area (Å²) in [5, 5.41) is 2.89. The van der Waals surface area contributed by atoms with Gasteiger partial charge in [-0.05, 0) is 92.0 Å². The Labute approximate surface area is 173 Å². The molecule has 0 unspecified atom stereocenters. The first-order valence-corrected chi connectivity index (χ1v) is 10.1. The van der Waals surface area contributed by atoms with E-state index in [1.807, 2.05) is 30.1 Å². The van der Waals surface area contributed by atoms with Crippen LogP contribution >= 0.6 is 22.6 Å². The van der Waals surface area contributed by atoms with Crippen molar-refractivity contribution in [3.8, 4) is 0 Å². The molecule has 3 rings (SSSR count). The molecule has 0 atom stereocenters. The van der Waals surface area contributed by atoms with E-state index in [0.29, 0.717) is 16.8 Å². The Kier molecular flexibility index (Phi) is 6.49. The topological polar surface area (TPSA) is 52.6 Å². The highest BCUT2D eigenvalue weighted by molar-refractivity contribution is 14.1. The molecular weight excluding hydrogens is 453 g/mol. The molecule has 1 saturated heterocycles. The lowest BCUT2D eigenvalue weighted by atomic mass is 10.0. The summed E-state index contributed by atoms with van der Waals surface area (Å²) in [5.74, 6) is -0.123. The van der Waals surface area contributed by atoms with Crippen LogP contribution in [-0.2, 0) is 0 Å². The molecule has 27 heavy (non-hydrogen) atoms. The van der Waals surface area contributed by atoms with Gasteiger partial charge in [-0.3, -0.25) is 9.59 Å². The molecule has 0 spiro atoms. The van der Waals surface area contributed by atoms with Crippen molar-refractivity contribution in [1.82, 2.24) is 9.80 Å². The molecule has 142 valence electrons. The zero-order valence-electron chi connectivity index (χ0n) is 15.6. The molecule has 5 nitrogen and oxygen atoms in total. The third kappa shape index (κ3) is 4.87. The van der Waals surface area contributed by atoms with Crippen molar-refractivity contribution in [2.45, 2.75) is 18.9 Å². The summed E-state index contributed by atoms with van der Waals surface area (Å²) in [4.78, 5) is 29.3. The van der Waals surface area contributed by atoms with Crippen molar-refractivity contribution in [2.75, 3.05) is 32.5 Å². The van der Waals surface area contributed by atoms with Gasteiger partial charge in [-0.1, -0.05) is 12.1 Å². The van der Waals surface area contributed by atoms with Crippen molar-refractivity contribution in [2.24, 2.45) is 0 Å². The second kappa shape index (κ2) is 8.84. The van der Waals surface area contributed by atoms with Crippen LogP contribution in [0.25, 0.3) is 0 Å². The van der Waals surface area contributed by atoms with E-state index in [1.54, 1.807) is 30.3 Å². The van der Waals surface area contributed by atoms with Gasteiger partial charge in [0.15, 0.2) is 0 Å². The molecule has 1 N–H and O–H groups in total. The van der Waals surface area contributed by atoms with Crippen LogP contribution in [0.15, 0.2) is 48.5 Å². The molecule has 1 aliphatic heterocycles. The lowest BCUT2D eigenvalue weighted by Crippen LogP contribution is -2.44. The highest BCUT2D eigenvalue weighted by Gasteiger charge is 2.24. The number of likely N-dealkylation sites (tertiary alicyclic amines) is 1. The normalized spacial score (nSPS) is 15.4. The lowest BCUT2D eigenvalue weighted by molar-refractivity contribution is 0.0659. The van der Waals surface area contributed by atoms with Crippen molar-refractivity contribution in [3.05, 3.63) is 63.2 Å². The van der Waals surface area contributed by atoms with Crippen LogP contribution in [0.1, 0.15) is 33.6 Å². The van der Waals surface area contributed by atoms with Crippen LogP contribution < -0.4 is 5.32 Å². The third-order valence-corrected chi connectivity index (χ3v) is 6.01. The molecule has 1 fully saturated rings. The first kappa shape index (κ1) is 19.8. The van der Waals surface area contributed by atoms with Gasteiger partial charge in [-0.2, -0.15) is 0 Å². The summed E-state index contributed by atoms with van der Waals surface area (Å²) < 4.78 is 0.902. The first-order valence-electron chi connectivity index (χ1n) is 9.07. The number of rotatable bonds is 4. The average molecular weight is 477 g/mol. The number of hydrogen-bond acceptors (Lipinski definition) is 3. The Morgan fingerprint density at radius 2 is 1.70 bits per heavy atom. The average Bonchev–Trinajstić information content (AvgIpc) is 2.68. The van der Waals surface area contributed by atoms with Gasteiger partial charge in [-0.15, -0.1) is 0 Å². The fraction of sp³-hybridized carbons (Fsp3) is 0.333. The van der Waals surface area contributed by atoms with Crippen molar-refractivity contribution in [1.29, 1.82) is 0 Å². The fourth-order valence-electron chi connectivity index (χ4n) is 3.29. The maximum Gasteiger partial charge on any atom is 0.256 e. The van der Waals surface area contributed by atoms with Crippen LogP contribution in [0.5, 0.6) is 0 Å². The minimum Gasteiger partial charge on any atom is -0.339 e. The summed E-state index contributed by atoms with van der Waals surface area (Å²) >= 11 is 2.15. The van der Waals surface area contributed by atoms with Gasteiger partial charge in [0.25, 0.3) is 11.8 Å². The zero-order valence-corrected chi connectivity index (χ0v) is 17.8. The van der Waals surface area contributed by atoms with E-state index in [-0.39, 0.29) is 17.9 Å². The molecular formula is C21H24IN3O2. The highest BCUT2D eigenvalue weighted by Crippen LogP contribution is 2.19. The van der Waals surface area contributed by atoms with Gasteiger partial charge in [-0.25, -0.2) is 0 Å². The van der Waals surface area contributed by atoms with Crippen LogP contribution in [-0.4, -0.2) is 54.8 Å². The van der Waals surface area contributed by atoms with E-state index in [4.69, 9.17) is 0 Å². The van der Waals surface area contributed by atoms with Crippen LogP contribution in [0.3, 0.4) is 0 Å². The SMILES string of the molecule is CN1CCC(N(C)C(=O)c2ccc(NC(=O)c3ccccc3I)cc2)CC1. The Balaban J connectivity index is 1.63. The zero-order chi connectivity index (χ0) is 19.4. The number of benzene rings is 2. The molecule has 0 bridgehead atoms. The molecule has 2 aromatic rings. The van der Waals surface area contributed by atoms with E-state index >= 15 is 0 Å². The number of carbonyl (C=O) groups is 2. The molecule has 0 aromatic heterocycles. The standard InChI is InChI=1S/C21H24IN3O2/c1-24-13-11-17(12-14-24)25(2)21(27)15-7-9-16(10-8-15)23-20(26)18-5-3-4-6-19(18)22/h3-10,17H,11-14H2,1-2H3,(H,23,26). The lowest BCUT2D eigenvalue weighted by Gasteiger charge is -2.35. The predicted molar refractivity (Wildman–Crippen MR) is 116 cm³/mol. The largest absolute Gasteiger partial charge is 0.339 e. The monoisotopic (exact) mass is 477 g/mol. The second-order valence-electron chi connectivity index (χ2n) is 6.96. The Morgan fingerprint density at radius 1 is 1.07 bits per heavy atom. The quantitative estimate of drug-likeness (QED) is 0.684. The minimum absolute atomic E-state index is 0.0278. The van der Waals surface area contributed by atoms with E-state index in [0.717, 1.165) is 29.5 Å². The summed E-state index contributed by atoms with van der Waals surface area (Å²) in [5.41, 5.74) is 1.96. The molecule has 1 aliphatic rings. The number of halogens is 1. The summed E-state index contributed by atoms with van der Waals surface area (Å²) in [6.07, 6.45) is 2.01. The Hall–Kier alpha value is -1.93. The maximum absolute atomic E-state index is 12.7. The molecule has 2 aromatic carbocycles. The van der Waals surface area contributed by atoms with E-state index in [2.05, 4.69) is 39.9 Å². The van der Waals surface area contributed by atoms with Crippen molar-refractivity contribution in [3.63, 3.8) is 0 Å². The summed E-state index contributed by atoms with van der Waals surface area (Å²) in [6, 6.07) is 14.8. The maximum atomic E-state index is 12.7. The smallest absolute Gasteiger partial charge is 0.256 e. The second-order valence-corrected chi connectivity index (χ2v) is 8.12. The first-order chi connectivity index (χ1) is 13.0. The third-order valence-electron chi connectivity index (χ3n) is 5.06. The molecule has 0 aliphatic carbocycles. The van der Waals surface area contributed by atoms with Crippen LogP contribution in [0.2, 0.25) is 0 Å². The number of anilines is 1. The summed E-state index contributed by atoms with van der Waals surface area (Å²) in [6.45, 7) is 2.04. The van der Waals surface area contributed by atoms with E-state index < -0.39 is 0 Å². The Bertz CT molecular complexity index is 814. The fourth-order valence-corrected chi connectivity index (χ4v) is 3.92. The number of amides is 2. The van der Waals surface area contributed by atoms with Gasteiger partial charge < -0.3 is 15.1 Å². The molecule has 6 heteroatoms. The molecule has 1 heterocycles. The van der Waals surface area contributed by atoms with Gasteiger partial charge in [0, 0.05) is 27.9 Å². The van der Waals surface area contributed by atoms with Crippen LogP contribution in [0.4, 0.5) is 5.69 Å².